The highest BCUT2D eigenvalue weighted by Crippen LogP contribution is 2.19. The minimum Gasteiger partial charge on any atom is -0.254 e. The van der Waals surface area contributed by atoms with E-state index in [0.29, 0.717) is 0 Å². The maximum Gasteiger partial charge on any atom is 0.0901 e. The summed E-state index contributed by atoms with van der Waals surface area (Å²) in [5.41, 5.74) is 1.98. The van der Waals surface area contributed by atoms with Crippen molar-refractivity contribution in [1.29, 1.82) is 0 Å². The molecule has 0 aliphatic carbocycles. The van der Waals surface area contributed by atoms with Gasteiger partial charge < -0.3 is 0 Å². The highest BCUT2D eigenvalue weighted by Gasteiger charge is 2.07. The van der Waals surface area contributed by atoms with E-state index >= 15 is 0 Å². The first-order chi connectivity index (χ1) is 3.97. The summed E-state index contributed by atoms with van der Waals surface area (Å²) in [6, 6.07) is 0. The summed E-state index contributed by atoms with van der Waals surface area (Å²) in [6.45, 7) is 0. The molecule has 0 spiro atoms. The molecule has 0 aromatic heterocycles. The van der Waals surface area contributed by atoms with Crippen molar-refractivity contribution in [2.75, 3.05) is 0 Å². The number of allylic oxidation sites excluding steroid dienone is 2. The molecule has 0 saturated heterocycles. The largest absolute Gasteiger partial charge is 0.254 e. The normalized spacial score (nSPS) is 18.7. The number of rotatable bonds is 0. The summed E-state index contributed by atoms with van der Waals surface area (Å²) in [4.78, 5) is 8.03. The van der Waals surface area contributed by atoms with Crippen molar-refractivity contribution in [3.8, 4) is 0 Å². The van der Waals surface area contributed by atoms with Crippen LogP contribution in [0.1, 0.15) is 0 Å². The molecule has 0 aromatic rings. The van der Waals surface area contributed by atoms with Crippen LogP contribution in [0.15, 0.2) is 33.5 Å². The van der Waals surface area contributed by atoms with E-state index in [1.807, 2.05) is 12.2 Å². The van der Waals surface area contributed by atoms with Crippen molar-refractivity contribution in [3.05, 3.63) is 23.5 Å². The van der Waals surface area contributed by atoms with Crippen LogP contribution in [0.25, 0.3) is 0 Å². The van der Waals surface area contributed by atoms with Gasteiger partial charge in [0.2, 0.25) is 0 Å². The summed E-state index contributed by atoms with van der Waals surface area (Å²) < 4.78 is 0. The SMILES string of the molecule is B.C1=NC2=CC=NC2=C1. The Balaban J connectivity index is 0.000000405. The zero-order valence-corrected chi connectivity index (χ0v) is 4.20. The van der Waals surface area contributed by atoms with Crippen LogP contribution < -0.4 is 0 Å². The maximum atomic E-state index is 4.02. The second-order valence-electron chi connectivity index (χ2n) is 1.66. The van der Waals surface area contributed by atoms with Gasteiger partial charge >= 0.3 is 0 Å². The van der Waals surface area contributed by atoms with Crippen LogP contribution in [-0.2, 0) is 0 Å². The van der Waals surface area contributed by atoms with Crippen molar-refractivity contribution in [2.24, 2.45) is 9.98 Å². The summed E-state index contributed by atoms with van der Waals surface area (Å²) >= 11 is 0. The number of aliphatic imine (C=N–C) groups is 2. The standard InChI is InChI=1S/C6H4N2.BH3/c1-3-7-6-2-4-8-5(1)6;/h1-4H;1H3. The third kappa shape index (κ3) is 0.742. The summed E-state index contributed by atoms with van der Waals surface area (Å²) in [5.74, 6) is 0. The van der Waals surface area contributed by atoms with Gasteiger partial charge in [0.25, 0.3) is 0 Å². The minimum atomic E-state index is 0. The Morgan fingerprint density at radius 2 is 1.33 bits per heavy atom. The van der Waals surface area contributed by atoms with Crippen molar-refractivity contribution in [2.45, 2.75) is 0 Å². The molecule has 44 valence electrons. The van der Waals surface area contributed by atoms with Crippen LogP contribution >= 0.6 is 0 Å². The zero-order chi connectivity index (χ0) is 5.40. The average Bonchev–Trinajstić information content (AvgIpc) is 2.15. The predicted molar refractivity (Wildman–Crippen MR) is 43.1 cm³/mol. The van der Waals surface area contributed by atoms with Crippen LogP contribution in [0, 0.1) is 0 Å². The molecule has 2 rings (SSSR count). The zero-order valence-electron chi connectivity index (χ0n) is 4.20. The van der Waals surface area contributed by atoms with Crippen LogP contribution in [0.3, 0.4) is 0 Å². The van der Waals surface area contributed by atoms with E-state index in [0.717, 1.165) is 11.4 Å². The summed E-state index contributed by atoms with van der Waals surface area (Å²) in [6.07, 6.45) is 7.32. The number of nitrogens with zero attached hydrogens (tertiary/aromatic N) is 2. The molecule has 2 heterocycles. The van der Waals surface area contributed by atoms with Gasteiger partial charge in [0.05, 0.1) is 19.8 Å². The van der Waals surface area contributed by atoms with Crippen molar-refractivity contribution in [1.82, 2.24) is 0 Å². The average molecular weight is 118 g/mol. The number of fused-ring (bicyclic) bond motifs is 1. The van der Waals surface area contributed by atoms with Gasteiger partial charge in [0, 0.05) is 12.4 Å². The molecule has 0 saturated carbocycles. The molecule has 0 bridgehead atoms. The van der Waals surface area contributed by atoms with E-state index < -0.39 is 0 Å². The first kappa shape index (κ1) is 6.01. The molecular formula is C6H7BN2. The third-order valence-electron chi connectivity index (χ3n) is 1.15. The Labute approximate surface area is 55.3 Å². The lowest BCUT2D eigenvalue weighted by Crippen LogP contribution is -1.66. The van der Waals surface area contributed by atoms with E-state index in [2.05, 4.69) is 9.98 Å². The molecule has 0 atom stereocenters. The van der Waals surface area contributed by atoms with Gasteiger partial charge in [0.15, 0.2) is 0 Å². The minimum absolute atomic E-state index is 0. The molecule has 3 heteroatoms. The third-order valence-corrected chi connectivity index (χ3v) is 1.15. The van der Waals surface area contributed by atoms with Gasteiger partial charge in [0.1, 0.15) is 0 Å². The molecule has 0 fully saturated rings. The fourth-order valence-corrected chi connectivity index (χ4v) is 0.765. The number of hydrogen-bond donors (Lipinski definition) is 0. The second-order valence-corrected chi connectivity index (χ2v) is 1.66. The Morgan fingerprint density at radius 3 is 1.78 bits per heavy atom. The lowest BCUT2D eigenvalue weighted by atomic mass is 10.4. The van der Waals surface area contributed by atoms with Gasteiger partial charge in [-0.15, -0.1) is 0 Å². The Bertz CT molecular complexity index is 209. The van der Waals surface area contributed by atoms with Crippen molar-refractivity contribution < 1.29 is 0 Å². The first-order valence-electron chi connectivity index (χ1n) is 2.46. The van der Waals surface area contributed by atoms with Crippen LogP contribution in [-0.4, -0.2) is 20.8 Å². The second kappa shape index (κ2) is 2.01. The van der Waals surface area contributed by atoms with E-state index in [1.165, 1.54) is 0 Å². The first-order valence-corrected chi connectivity index (χ1v) is 2.46. The molecule has 2 aliphatic heterocycles. The lowest BCUT2D eigenvalue weighted by molar-refractivity contribution is 1.33. The lowest BCUT2D eigenvalue weighted by Gasteiger charge is -1.83. The van der Waals surface area contributed by atoms with Gasteiger partial charge in [-0.25, -0.2) is 0 Å². The maximum absolute atomic E-state index is 4.02. The van der Waals surface area contributed by atoms with Crippen molar-refractivity contribution in [3.63, 3.8) is 0 Å². The molecule has 9 heavy (non-hydrogen) atoms. The smallest absolute Gasteiger partial charge is 0.0901 e. The van der Waals surface area contributed by atoms with Crippen molar-refractivity contribution >= 4 is 20.8 Å². The summed E-state index contributed by atoms with van der Waals surface area (Å²) in [5, 5.41) is 0. The van der Waals surface area contributed by atoms with Gasteiger partial charge in [-0.2, -0.15) is 0 Å². The Hall–Kier alpha value is -1.12. The molecule has 2 nitrogen and oxygen atoms in total. The van der Waals surface area contributed by atoms with Crippen LogP contribution in [0.4, 0.5) is 0 Å². The van der Waals surface area contributed by atoms with E-state index in [4.69, 9.17) is 0 Å². The van der Waals surface area contributed by atoms with E-state index in [9.17, 15) is 0 Å². The fraction of sp³-hybridized carbons (Fsp3) is 0. The van der Waals surface area contributed by atoms with Crippen LogP contribution in [0.5, 0.6) is 0 Å². The Morgan fingerprint density at radius 1 is 0.889 bits per heavy atom. The molecule has 0 N–H and O–H groups in total. The predicted octanol–water partition coefficient (Wildman–Crippen LogP) is -0.261. The van der Waals surface area contributed by atoms with Gasteiger partial charge in [-0.1, -0.05) is 0 Å². The molecule has 0 aromatic carbocycles. The van der Waals surface area contributed by atoms with Gasteiger partial charge in [-0.05, 0) is 12.2 Å². The highest BCUT2D eigenvalue weighted by atomic mass is 14.9. The molecule has 2 aliphatic rings. The monoisotopic (exact) mass is 118 g/mol. The summed E-state index contributed by atoms with van der Waals surface area (Å²) in [7, 11) is 0. The topological polar surface area (TPSA) is 24.7 Å². The molecule has 0 radical (unpaired) electrons. The molecular weight excluding hydrogens is 111 g/mol. The Kier molecular flexibility index (Phi) is 1.34. The van der Waals surface area contributed by atoms with E-state index in [1.54, 1.807) is 12.4 Å². The molecule has 0 amide bonds. The highest BCUT2D eigenvalue weighted by molar-refractivity contribution is 5.88. The fourth-order valence-electron chi connectivity index (χ4n) is 0.765. The number of hydrogen-bond acceptors (Lipinski definition) is 2. The van der Waals surface area contributed by atoms with Crippen LogP contribution in [0.2, 0.25) is 0 Å². The molecule has 0 unspecified atom stereocenters. The van der Waals surface area contributed by atoms with E-state index in [-0.39, 0.29) is 8.41 Å². The quantitative estimate of drug-likeness (QED) is 0.391. The van der Waals surface area contributed by atoms with Gasteiger partial charge in [-0.3, -0.25) is 9.98 Å².